The van der Waals surface area contributed by atoms with E-state index in [1.807, 2.05) is 0 Å². The molecule has 0 aliphatic carbocycles. The van der Waals surface area contributed by atoms with Crippen LogP contribution in [0.2, 0.25) is 0 Å². The maximum atomic E-state index is 13.1. The molecule has 0 fully saturated rings. The molecular formula is C10H16F2O4. The standard InChI is InChI=1S/C10H16F2O4/c1-3-16-9(14)5-7-10(11,12)6-4-8(13)15-2/h3-7H2,1-2H3. The average Bonchev–Trinajstić information content (AvgIpc) is 2.24. The van der Waals surface area contributed by atoms with E-state index in [4.69, 9.17) is 0 Å². The molecule has 0 radical (unpaired) electrons. The Morgan fingerprint density at radius 1 is 1.12 bits per heavy atom. The fourth-order valence-corrected chi connectivity index (χ4v) is 1.03. The minimum absolute atomic E-state index is 0.173. The highest BCUT2D eigenvalue weighted by atomic mass is 19.3. The van der Waals surface area contributed by atoms with E-state index >= 15 is 0 Å². The summed E-state index contributed by atoms with van der Waals surface area (Å²) in [6.07, 6.45) is -1.92. The van der Waals surface area contributed by atoms with Gasteiger partial charge in [-0.15, -0.1) is 0 Å². The summed E-state index contributed by atoms with van der Waals surface area (Å²) in [6, 6.07) is 0. The van der Waals surface area contributed by atoms with Crippen molar-refractivity contribution >= 4 is 11.9 Å². The van der Waals surface area contributed by atoms with E-state index in [9.17, 15) is 18.4 Å². The maximum absolute atomic E-state index is 13.1. The van der Waals surface area contributed by atoms with Crippen molar-refractivity contribution in [3.05, 3.63) is 0 Å². The predicted molar refractivity (Wildman–Crippen MR) is 52.1 cm³/mol. The number of alkyl halides is 2. The van der Waals surface area contributed by atoms with Crippen molar-refractivity contribution in [2.24, 2.45) is 0 Å². The first-order chi connectivity index (χ1) is 7.41. The number of halogens is 2. The largest absolute Gasteiger partial charge is 0.469 e. The summed E-state index contributed by atoms with van der Waals surface area (Å²) in [5, 5.41) is 0. The smallest absolute Gasteiger partial charge is 0.305 e. The van der Waals surface area contributed by atoms with Gasteiger partial charge in [-0.05, 0) is 6.92 Å². The minimum atomic E-state index is -3.04. The molecule has 0 aromatic rings. The van der Waals surface area contributed by atoms with Crippen LogP contribution in [-0.4, -0.2) is 31.6 Å². The van der Waals surface area contributed by atoms with Gasteiger partial charge in [-0.1, -0.05) is 0 Å². The average molecular weight is 238 g/mol. The Labute approximate surface area is 92.9 Å². The molecule has 0 heterocycles. The van der Waals surface area contributed by atoms with Crippen LogP contribution in [0.15, 0.2) is 0 Å². The van der Waals surface area contributed by atoms with E-state index in [1.54, 1.807) is 6.92 Å². The molecule has 0 saturated heterocycles. The van der Waals surface area contributed by atoms with Gasteiger partial charge in [0, 0.05) is 12.8 Å². The van der Waals surface area contributed by atoms with Crippen LogP contribution in [0, 0.1) is 0 Å². The number of carbonyl (C=O) groups is 2. The van der Waals surface area contributed by atoms with Crippen LogP contribution in [0.25, 0.3) is 0 Å². The SMILES string of the molecule is CCOC(=O)CCC(F)(F)CCC(=O)OC. The van der Waals surface area contributed by atoms with Crippen molar-refractivity contribution in [3.63, 3.8) is 0 Å². The molecule has 0 bridgehead atoms. The highest BCUT2D eigenvalue weighted by Gasteiger charge is 2.30. The zero-order chi connectivity index (χ0) is 12.6. The number of rotatable bonds is 7. The van der Waals surface area contributed by atoms with Gasteiger partial charge in [0.2, 0.25) is 5.92 Å². The van der Waals surface area contributed by atoms with Gasteiger partial charge in [-0.3, -0.25) is 9.59 Å². The minimum Gasteiger partial charge on any atom is -0.469 e. The normalized spacial score (nSPS) is 11.0. The lowest BCUT2D eigenvalue weighted by Gasteiger charge is -2.14. The molecule has 0 aromatic carbocycles. The number of esters is 2. The molecule has 0 aliphatic rings. The van der Waals surface area contributed by atoms with E-state index in [-0.39, 0.29) is 19.4 Å². The topological polar surface area (TPSA) is 52.6 Å². The van der Waals surface area contributed by atoms with Crippen molar-refractivity contribution in [2.75, 3.05) is 13.7 Å². The quantitative estimate of drug-likeness (QED) is 0.636. The van der Waals surface area contributed by atoms with Crippen LogP contribution in [0.1, 0.15) is 32.6 Å². The van der Waals surface area contributed by atoms with Gasteiger partial charge in [-0.25, -0.2) is 8.78 Å². The van der Waals surface area contributed by atoms with Gasteiger partial charge in [0.05, 0.1) is 26.6 Å². The number of ether oxygens (including phenoxy) is 2. The lowest BCUT2D eigenvalue weighted by molar-refractivity contribution is -0.146. The van der Waals surface area contributed by atoms with Crippen LogP contribution in [0.5, 0.6) is 0 Å². The van der Waals surface area contributed by atoms with Gasteiger partial charge in [0.1, 0.15) is 0 Å². The molecule has 0 aromatic heterocycles. The Hall–Kier alpha value is -1.20. The predicted octanol–water partition coefficient (Wildman–Crippen LogP) is 1.92. The van der Waals surface area contributed by atoms with Crippen LogP contribution >= 0.6 is 0 Å². The summed E-state index contributed by atoms with van der Waals surface area (Å²) < 4.78 is 35.0. The first-order valence-electron chi connectivity index (χ1n) is 5.01. The fourth-order valence-electron chi connectivity index (χ4n) is 1.03. The van der Waals surface area contributed by atoms with E-state index in [0.717, 1.165) is 7.11 Å². The van der Waals surface area contributed by atoms with Crippen molar-refractivity contribution < 1.29 is 27.8 Å². The van der Waals surface area contributed by atoms with E-state index in [1.165, 1.54) is 0 Å². The molecule has 6 heteroatoms. The van der Waals surface area contributed by atoms with E-state index < -0.39 is 30.7 Å². The summed E-state index contributed by atoms with van der Waals surface area (Å²) in [7, 11) is 1.14. The molecule has 0 amide bonds. The lowest BCUT2D eigenvalue weighted by Crippen LogP contribution is -2.20. The highest BCUT2D eigenvalue weighted by Crippen LogP contribution is 2.26. The van der Waals surface area contributed by atoms with Gasteiger partial charge < -0.3 is 9.47 Å². The Morgan fingerprint density at radius 3 is 2.06 bits per heavy atom. The zero-order valence-corrected chi connectivity index (χ0v) is 9.42. The third-order valence-electron chi connectivity index (χ3n) is 1.92. The molecule has 0 rings (SSSR count). The van der Waals surface area contributed by atoms with E-state index in [2.05, 4.69) is 9.47 Å². The summed E-state index contributed by atoms with van der Waals surface area (Å²) >= 11 is 0. The molecule has 16 heavy (non-hydrogen) atoms. The molecule has 0 unspecified atom stereocenters. The van der Waals surface area contributed by atoms with Crippen LogP contribution in [-0.2, 0) is 19.1 Å². The molecule has 94 valence electrons. The fraction of sp³-hybridized carbons (Fsp3) is 0.800. The number of carbonyl (C=O) groups excluding carboxylic acids is 2. The molecule has 0 N–H and O–H groups in total. The lowest BCUT2D eigenvalue weighted by atomic mass is 10.1. The first kappa shape index (κ1) is 14.8. The van der Waals surface area contributed by atoms with Crippen molar-refractivity contribution in [1.82, 2.24) is 0 Å². The van der Waals surface area contributed by atoms with Gasteiger partial charge >= 0.3 is 11.9 Å². The third-order valence-corrected chi connectivity index (χ3v) is 1.92. The summed E-state index contributed by atoms with van der Waals surface area (Å²) in [5.41, 5.74) is 0. The highest BCUT2D eigenvalue weighted by molar-refractivity contribution is 5.70. The number of hydrogen-bond acceptors (Lipinski definition) is 4. The zero-order valence-electron chi connectivity index (χ0n) is 9.42. The number of hydrogen-bond donors (Lipinski definition) is 0. The Bertz CT molecular complexity index is 241. The Kier molecular flexibility index (Phi) is 6.60. The second-order valence-electron chi connectivity index (χ2n) is 3.24. The Balaban J connectivity index is 3.86. The third kappa shape index (κ3) is 7.14. The van der Waals surface area contributed by atoms with Gasteiger partial charge in [0.15, 0.2) is 0 Å². The molecule has 4 nitrogen and oxygen atoms in total. The van der Waals surface area contributed by atoms with Crippen molar-refractivity contribution in [2.45, 2.75) is 38.5 Å². The van der Waals surface area contributed by atoms with E-state index in [0.29, 0.717) is 0 Å². The van der Waals surface area contributed by atoms with Crippen LogP contribution < -0.4 is 0 Å². The molecule has 0 spiro atoms. The molecule has 0 aliphatic heterocycles. The first-order valence-corrected chi connectivity index (χ1v) is 5.01. The monoisotopic (exact) mass is 238 g/mol. The molecular weight excluding hydrogens is 222 g/mol. The van der Waals surface area contributed by atoms with Crippen LogP contribution in [0.4, 0.5) is 8.78 Å². The second kappa shape index (κ2) is 7.14. The van der Waals surface area contributed by atoms with Crippen LogP contribution in [0.3, 0.4) is 0 Å². The number of methoxy groups -OCH3 is 1. The summed E-state index contributed by atoms with van der Waals surface area (Å²) in [4.78, 5) is 21.5. The van der Waals surface area contributed by atoms with Crippen molar-refractivity contribution in [3.8, 4) is 0 Å². The second-order valence-corrected chi connectivity index (χ2v) is 3.24. The maximum Gasteiger partial charge on any atom is 0.305 e. The summed E-state index contributed by atoms with van der Waals surface area (Å²) in [6.45, 7) is 1.78. The molecule has 0 saturated carbocycles. The van der Waals surface area contributed by atoms with Gasteiger partial charge in [-0.2, -0.15) is 0 Å². The molecule has 0 atom stereocenters. The Morgan fingerprint density at radius 2 is 1.62 bits per heavy atom. The van der Waals surface area contributed by atoms with Crippen molar-refractivity contribution in [1.29, 1.82) is 0 Å². The van der Waals surface area contributed by atoms with Gasteiger partial charge in [0.25, 0.3) is 0 Å². The summed E-state index contributed by atoms with van der Waals surface area (Å²) in [5.74, 6) is -4.38.